The molecule has 1 heterocycles. The van der Waals surface area contributed by atoms with E-state index in [1.165, 1.54) is 0 Å². The number of hydrogen-bond acceptors (Lipinski definition) is 2. The molecule has 1 unspecified atom stereocenters. The molecule has 0 aliphatic carbocycles. The Balaban J connectivity index is 2.23. The molecule has 0 aromatic heterocycles. The maximum absolute atomic E-state index is 12.6. The van der Waals surface area contributed by atoms with E-state index in [0.29, 0.717) is 0 Å². The van der Waals surface area contributed by atoms with Crippen LogP contribution in [-0.4, -0.2) is 36.5 Å². The van der Waals surface area contributed by atoms with Gasteiger partial charge >= 0.3 is 0 Å². The Morgan fingerprint density at radius 1 is 1.50 bits per heavy atom. The minimum Gasteiger partial charge on any atom is -0.332 e. The molecule has 1 saturated heterocycles. The lowest BCUT2D eigenvalue weighted by Gasteiger charge is -2.35. The predicted molar refractivity (Wildman–Crippen MR) is 73.8 cm³/mol. The first kappa shape index (κ1) is 13.1. The Labute approximate surface area is 109 Å². The van der Waals surface area contributed by atoms with Gasteiger partial charge in [0.15, 0.2) is 0 Å². The number of nitrogens with one attached hydrogen (secondary N) is 1. The van der Waals surface area contributed by atoms with Gasteiger partial charge in [0.25, 0.3) is 5.91 Å². The van der Waals surface area contributed by atoms with Crippen molar-refractivity contribution in [3.05, 3.63) is 35.4 Å². The highest BCUT2D eigenvalue weighted by molar-refractivity contribution is 5.95. The Kier molecular flexibility index (Phi) is 3.71. The normalized spacial score (nSPS) is 23.4. The Morgan fingerprint density at radius 2 is 2.28 bits per heavy atom. The molecular weight excluding hydrogens is 224 g/mol. The number of hydrogen-bond donors (Lipinski definition) is 1. The van der Waals surface area contributed by atoms with Gasteiger partial charge in [-0.25, -0.2) is 0 Å². The van der Waals surface area contributed by atoms with Crippen LogP contribution in [0.1, 0.15) is 35.7 Å². The number of nitrogens with zero attached hydrogens (tertiary/aromatic N) is 1. The molecule has 1 fully saturated rings. The van der Waals surface area contributed by atoms with Crippen molar-refractivity contribution < 1.29 is 4.79 Å². The minimum atomic E-state index is -0.0461. The van der Waals surface area contributed by atoms with Gasteiger partial charge in [-0.3, -0.25) is 4.79 Å². The second-order valence-corrected chi connectivity index (χ2v) is 5.46. The van der Waals surface area contributed by atoms with Crippen LogP contribution in [0.4, 0.5) is 0 Å². The first-order chi connectivity index (χ1) is 8.57. The summed E-state index contributed by atoms with van der Waals surface area (Å²) in [5.41, 5.74) is 1.89. The summed E-state index contributed by atoms with van der Waals surface area (Å²) in [7, 11) is 1.94. The zero-order valence-corrected chi connectivity index (χ0v) is 11.5. The molecule has 0 bridgehead atoms. The fourth-order valence-corrected chi connectivity index (χ4v) is 2.87. The summed E-state index contributed by atoms with van der Waals surface area (Å²) in [6.07, 6.45) is 2.17. The molecule has 3 heteroatoms. The molecule has 3 nitrogen and oxygen atoms in total. The number of rotatable bonds is 3. The van der Waals surface area contributed by atoms with E-state index in [2.05, 4.69) is 12.2 Å². The molecule has 1 atom stereocenters. The third-order valence-corrected chi connectivity index (χ3v) is 3.82. The van der Waals surface area contributed by atoms with Gasteiger partial charge in [-0.1, -0.05) is 17.7 Å². The number of carbonyl (C=O) groups is 1. The summed E-state index contributed by atoms with van der Waals surface area (Å²) in [5.74, 6) is 0.161. The predicted octanol–water partition coefficient (Wildman–Crippen LogP) is 2.21. The lowest BCUT2D eigenvalue weighted by Crippen LogP contribution is -2.50. The van der Waals surface area contributed by atoms with E-state index >= 15 is 0 Å². The highest BCUT2D eigenvalue weighted by Gasteiger charge is 2.39. The molecule has 1 amide bonds. The van der Waals surface area contributed by atoms with Gasteiger partial charge in [-0.05, 0) is 45.9 Å². The fourth-order valence-electron chi connectivity index (χ4n) is 2.87. The van der Waals surface area contributed by atoms with Crippen molar-refractivity contribution in [2.75, 3.05) is 20.1 Å². The topological polar surface area (TPSA) is 32.3 Å². The molecule has 0 spiro atoms. The molecule has 1 N–H and O–H groups in total. The Hall–Kier alpha value is -1.35. The smallest absolute Gasteiger partial charge is 0.254 e. The van der Waals surface area contributed by atoms with E-state index < -0.39 is 0 Å². The van der Waals surface area contributed by atoms with Crippen LogP contribution in [0.3, 0.4) is 0 Å². The average molecular weight is 246 g/mol. The van der Waals surface area contributed by atoms with Crippen molar-refractivity contribution in [1.82, 2.24) is 10.2 Å². The van der Waals surface area contributed by atoms with E-state index in [9.17, 15) is 4.79 Å². The fraction of sp³-hybridized carbons (Fsp3) is 0.533. The van der Waals surface area contributed by atoms with Crippen molar-refractivity contribution in [3.63, 3.8) is 0 Å². The van der Waals surface area contributed by atoms with Crippen LogP contribution >= 0.6 is 0 Å². The highest BCUT2D eigenvalue weighted by Crippen LogP contribution is 2.30. The second-order valence-electron chi connectivity index (χ2n) is 5.46. The lowest BCUT2D eigenvalue weighted by molar-refractivity contribution is 0.0626. The van der Waals surface area contributed by atoms with Crippen molar-refractivity contribution in [1.29, 1.82) is 0 Å². The van der Waals surface area contributed by atoms with Crippen LogP contribution in [0, 0.1) is 6.92 Å². The largest absolute Gasteiger partial charge is 0.332 e. The molecule has 1 aliphatic rings. The molecule has 18 heavy (non-hydrogen) atoms. The van der Waals surface area contributed by atoms with Crippen LogP contribution in [-0.2, 0) is 0 Å². The Morgan fingerprint density at radius 3 is 2.94 bits per heavy atom. The molecule has 0 saturated carbocycles. The van der Waals surface area contributed by atoms with Gasteiger partial charge < -0.3 is 10.2 Å². The van der Waals surface area contributed by atoms with E-state index in [4.69, 9.17) is 0 Å². The summed E-state index contributed by atoms with van der Waals surface area (Å²) in [6, 6.07) is 7.86. The number of aryl methyl sites for hydroxylation is 1. The number of benzene rings is 1. The minimum absolute atomic E-state index is 0.0461. The van der Waals surface area contributed by atoms with Gasteiger partial charge in [0.2, 0.25) is 0 Å². The molecule has 1 aromatic rings. The molecular formula is C15H22N2O. The Bertz CT molecular complexity index is 444. The van der Waals surface area contributed by atoms with Gasteiger partial charge in [-0.15, -0.1) is 0 Å². The number of likely N-dealkylation sites (N-methyl/N-ethyl adjacent to an activating group) is 1. The van der Waals surface area contributed by atoms with E-state index in [-0.39, 0.29) is 11.4 Å². The SMILES string of the molecule is CNCC1(C)CCCN1C(=O)c1cccc(C)c1. The van der Waals surface area contributed by atoms with Crippen molar-refractivity contribution >= 4 is 5.91 Å². The second kappa shape index (κ2) is 5.11. The summed E-state index contributed by atoms with van der Waals surface area (Å²) in [6.45, 7) is 5.91. The lowest BCUT2D eigenvalue weighted by atomic mass is 9.98. The molecule has 98 valence electrons. The summed E-state index contributed by atoms with van der Waals surface area (Å²) >= 11 is 0. The van der Waals surface area contributed by atoms with Crippen LogP contribution in [0.5, 0.6) is 0 Å². The number of carbonyl (C=O) groups excluding carboxylic acids is 1. The standard InChI is InChI=1S/C15H22N2O/c1-12-6-4-7-13(10-12)14(18)17-9-5-8-15(17,2)11-16-3/h4,6-7,10,16H,5,8-9,11H2,1-3H3. The molecule has 1 aromatic carbocycles. The average Bonchev–Trinajstić information content (AvgIpc) is 2.70. The van der Waals surface area contributed by atoms with Crippen LogP contribution in [0.15, 0.2) is 24.3 Å². The highest BCUT2D eigenvalue weighted by atomic mass is 16.2. The summed E-state index contributed by atoms with van der Waals surface area (Å²) in [4.78, 5) is 14.6. The maximum atomic E-state index is 12.6. The van der Waals surface area contributed by atoms with Gasteiger partial charge in [0.1, 0.15) is 0 Å². The van der Waals surface area contributed by atoms with Crippen molar-refractivity contribution in [2.45, 2.75) is 32.2 Å². The zero-order chi connectivity index (χ0) is 13.2. The van der Waals surface area contributed by atoms with Crippen LogP contribution in [0.25, 0.3) is 0 Å². The summed E-state index contributed by atoms with van der Waals surface area (Å²) < 4.78 is 0. The maximum Gasteiger partial charge on any atom is 0.254 e. The van der Waals surface area contributed by atoms with E-state index in [1.807, 2.05) is 43.1 Å². The van der Waals surface area contributed by atoms with Gasteiger partial charge in [0.05, 0.1) is 5.54 Å². The number of amides is 1. The van der Waals surface area contributed by atoms with E-state index in [0.717, 1.165) is 37.1 Å². The van der Waals surface area contributed by atoms with E-state index in [1.54, 1.807) is 0 Å². The number of likely N-dealkylation sites (tertiary alicyclic amines) is 1. The zero-order valence-electron chi connectivity index (χ0n) is 11.5. The van der Waals surface area contributed by atoms with Gasteiger partial charge in [0, 0.05) is 18.7 Å². The van der Waals surface area contributed by atoms with Crippen LogP contribution in [0.2, 0.25) is 0 Å². The third kappa shape index (κ3) is 2.41. The van der Waals surface area contributed by atoms with Gasteiger partial charge in [-0.2, -0.15) is 0 Å². The molecule has 1 aliphatic heterocycles. The quantitative estimate of drug-likeness (QED) is 0.887. The molecule has 2 rings (SSSR count). The van der Waals surface area contributed by atoms with Crippen molar-refractivity contribution in [2.24, 2.45) is 0 Å². The first-order valence-corrected chi connectivity index (χ1v) is 6.60. The monoisotopic (exact) mass is 246 g/mol. The first-order valence-electron chi connectivity index (χ1n) is 6.60. The molecule has 0 radical (unpaired) electrons. The summed E-state index contributed by atoms with van der Waals surface area (Å²) in [5, 5.41) is 3.20. The van der Waals surface area contributed by atoms with Crippen LogP contribution < -0.4 is 5.32 Å². The van der Waals surface area contributed by atoms with Crippen molar-refractivity contribution in [3.8, 4) is 0 Å². The third-order valence-electron chi connectivity index (χ3n) is 3.82.